The lowest BCUT2D eigenvalue weighted by Crippen LogP contribution is -2.22. The number of nitrogens with zero attached hydrogens (tertiary/aromatic N) is 3. The highest BCUT2D eigenvalue weighted by molar-refractivity contribution is 7.98. The molecule has 9 nitrogen and oxygen atoms in total. The zero-order chi connectivity index (χ0) is 21.3. The van der Waals surface area contributed by atoms with E-state index in [4.69, 9.17) is 14.2 Å². The summed E-state index contributed by atoms with van der Waals surface area (Å²) in [5.74, 6) is -0.0122. The van der Waals surface area contributed by atoms with Gasteiger partial charge in [0.25, 0.3) is 5.91 Å². The molecule has 3 rings (SSSR count). The van der Waals surface area contributed by atoms with Crippen LogP contribution in [-0.2, 0) is 15.3 Å². The molecule has 0 unspecified atom stereocenters. The number of thioether (sulfide) groups is 1. The van der Waals surface area contributed by atoms with Crippen LogP contribution in [0.5, 0.6) is 11.8 Å². The molecule has 1 N–H and O–H groups in total. The van der Waals surface area contributed by atoms with E-state index in [0.717, 1.165) is 16.3 Å². The normalized spacial score (nSPS) is 10.3. The second-order valence-electron chi connectivity index (χ2n) is 5.69. The second-order valence-corrected chi connectivity index (χ2v) is 7.46. The predicted octanol–water partition coefficient (Wildman–Crippen LogP) is 3.04. The third-order valence-electron chi connectivity index (χ3n) is 3.64. The van der Waals surface area contributed by atoms with Crippen LogP contribution in [0.1, 0.15) is 16.1 Å². The first-order valence-electron chi connectivity index (χ1n) is 8.61. The SMILES string of the molecule is COc1cc(OC)nc(NC(=O)COC(=O)c2ccc(SCc3cscn3)cc2)n1. The number of amides is 1. The van der Waals surface area contributed by atoms with E-state index < -0.39 is 18.5 Å². The van der Waals surface area contributed by atoms with Gasteiger partial charge < -0.3 is 14.2 Å². The number of esters is 1. The van der Waals surface area contributed by atoms with Gasteiger partial charge in [-0.25, -0.2) is 9.78 Å². The van der Waals surface area contributed by atoms with Crippen LogP contribution in [0.3, 0.4) is 0 Å². The molecule has 0 saturated carbocycles. The Kier molecular flexibility index (Phi) is 7.57. The van der Waals surface area contributed by atoms with Gasteiger partial charge in [-0.05, 0) is 24.3 Å². The highest BCUT2D eigenvalue weighted by Crippen LogP contribution is 2.23. The molecule has 0 bridgehead atoms. The van der Waals surface area contributed by atoms with Gasteiger partial charge in [-0.3, -0.25) is 10.1 Å². The number of nitrogens with one attached hydrogen (secondary N) is 1. The fourth-order valence-corrected chi connectivity index (χ4v) is 3.66. The number of benzene rings is 1. The summed E-state index contributed by atoms with van der Waals surface area (Å²) in [6.45, 7) is -0.484. The highest BCUT2D eigenvalue weighted by atomic mass is 32.2. The first-order valence-corrected chi connectivity index (χ1v) is 10.5. The molecule has 30 heavy (non-hydrogen) atoms. The minimum atomic E-state index is -0.606. The Hall–Kier alpha value is -3.18. The Labute approximate surface area is 180 Å². The molecule has 2 aromatic heterocycles. The number of ether oxygens (including phenoxy) is 3. The fourth-order valence-electron chi connectivity index (χ4n) is 2.20. The molecule has 1 amide bonds. The van der Waals surface area contributed by atoms with E-state index in [1.165, 1.54) is 20.3 Å². The number of hydrogen-bond acceptors (Lipinski definition) is 10. The van der Waals surface area contributed by atoms with Gasteiger partial charge in [-0.15, -0.1) is 23.1 Å². The number of rotatable bonds is 9. The van der Waals surface area contributed by atoms with Crippen LogP contribution in [0.15, 0.2) is 46.1 Å². The summed E-state index contributed by atoms with van der Waals surface area (Å²) in [4.78, 5) is 37.4. The number of thiazole rings is 1. The summed E-state index contributed by atoms with van der Waals surface area (Å²) in [5.41, 5.74) is 3.15. The molecule has 156 valence electrons. The molecule has 3 aromatic rings. The minimum absolute atomic E-state index is 0.0197. The van der Waals surface area contributed by atoms with Crippen LogP contribution in [0, 0.1) is 0 Å². The molecule has 2 heterocycles. The summed E-state index contributed by atoms with van der Waals surface area (Å²) >= 11 is 3.17. The first-order chi connectivity index (χ1) is 14.6. The van der Waals surface area contributed by atoms with Crippen molar-refractivity contribution in [1.29, 1.82) is 0 Å². The van der Waals surface area contributed by atoms with Gasteiger partial charge in [0.05, 0.1) is 37.1 Å². The monoisotopic (exact) mass is 446 g/mol. The average Bonchev–Trinajstić information content (AvgIpc) is 3.29. The summed E-state index contributed by atoms with van der Waals surface area (Å²) in [7, 11) is 2.86. The molecule has 0 aliphatic rings. The van der Waals surface area contributed by atoms with Crippen molar-refractivity contribution >= 4 is 40.9 Å². The number of carbonyl (C=O) groups excluding carboxylic acids is 2. The Morgan fingerprint density at radius 2 is 1.80 bits per heavy atom. The lowest BCUT2D eigenvalue weighted by Gasteiger charge is -2.08. The quantitative estimate of drug-likeness (QED) is 0.391. The van der Waals surface area contributed by atoms with Crippen molar-refractivity contribution in [2.75, 3.05) is 26.1 Å². The maximum absolute atomic E-state index is 12.2. The molecule has 0 radical (unpaired) electrons. The highest BCUT2D eigenvalue weighted by Gasteiger charge is 2.13. The van der Waals surface area contributed by atoms with Crippen molar-refractivity contribution in [2.24, 2.45) is 0 Å². The van der Waals surface area contributed by atoms with Gasteiger partial charge in [0, 0.05) is 16.0 Å². The topological polar surface area (TPSA) is 113 Å². The number of methoxy groups -OCH3 is 2. The van der Waals surface area contributed by atoms with E-state index >= 15 is 0 Å². The van der Waals surface area contributed by atoms with Gasteiger partial charge in [0.2, 0.25) is 17.7 Å². The van der Waals surface area contributed by atoms with Crippen LogP contribution >= 0.6 is 23.1 Å². The van der Waals surface area contributed by atoms with Crippen molar-refractivity contribution in [2.45, 2.75) is 10.6 Å². The molecule has 1 aromatic carbocycles. The Bertz CT molecular complexity index is 974. The smallest absolute Gasteiger partial charge is 0.338 e. The molecular formula is C19H18N4O5S2. The van der Waals surface area contributed by atoms with E-state index in [2.05, 4.69) is 20.3 Å². The van der Waals surface area contributed by atoms with Crippen LogP contribution < -0.4 is 14.8 Å². The third-order valence-corrected chi connectivity index (χ3v) is 5.32. The zero-order valence-corrected chi connectivity index (χ0v) is 17.8. The van der Waals surface area contributed by atoms with Crippen molar-refractivity contribution in [3.63, 3.8) is 0 Å². The number of hydrogen-bond donors (Lipinski definition) is 1. The number of aromatic nitrogens is 3. The summed E-state index contributed by atoms with van der Waals surface area (Å²) in [6, 6.07) is 8.42. The molecule has 0 saturated heterocycles. The van der Waals surface area contributed by atoms with Crippen LogP contribution in [0.25, 0.3) is 0 Å². The van der Waals surface area contributed by atoms with Crippen LogP contribution in [0.4, 0.5) is 5.95 Å². The summed E-state index contributed by atoms with van der Waals surface area (Å²) < 4.78 is 15.1. The summed E-state index contributed by atoms with van der Waals surface area (Å²) in [5, 5.41) is 4.43. The van der Waals surface area contributed by atoms with Gasteiger partial charge in [-0.1, -0.05) is 0 Å². The lowest BCUT2D eigenvalue weighted by molar-refractivity contribution is -0.119. The lowest BCUT2D eigenvalue weighted by atomic mass is 10.2. The molecule has 0 atom stereocenters. The molecule has 0 aliphatic heterocycles. The Balaban J connectivity index is 1.49. The van der Waals surface area contributed by atoms with Crippen molar-refractivity contribution in [3.05, 3.63) is 52.5 Å². The molecule has 0 spiro atoms. The average molecular weight is 447 g/mol. The zero-order valence-electron chi connectivity index (χ0n) is 16.2. The van der Waals surface area contributed by atoms with E-state index in [9.17, 15) is 9.59 Å². The van der Waals surface area contributed by atoms with Gasteiger partial charge in [-0.2, -0.15) is 9.97 Å². The predicted molar refractivity (Wildman–Crippen MR) is 112 cm³/mol. The maximum atomic E-state index is 12.2. The van der Waals surface area contributed by atoms with Crippen molar-refractivity contribution in [3.8, 4) is 11.8 Å². The van der Waals surface area contributed by atoms with Crippen molar-refractivity contribution in [1.82, 2.24) is 15.0 Å². The number of carbonyl (C=O) groups is 2. The van der Waals surface area contributed by atoms with E-state index in [-0.39, 0.29) is 17.7 Å². The molecular weight excluding hydrogens is 428 g/mol. The maximum Gasteiger partial charge on any atom is 0.338 e. The Morgan fingerprint density at radius 3 is 2.40 bits per heavy atom. The number of anilines is 1. The van der Waals surface area contributed by atoms with Crippen molar-refractivity contribution < 1.29 is 23.8 Å². The van der Waals surface area contributed by atoms with Gasteiger partial charge >= 0.3 is 5.97 Å². The van der Waals surface area contributed by atoms with E-state index in [0.29, 0.717) is 5.56 Å². The first kappa shape index (κ1) is 21.5. The largest absolute Gasteiger partial charge is 0.481 e. The second kappa shape index (κ2) is 10.6. The summed E-state index contributed by atoms with van der Waals surface area (Å²) in [6.07, 6.45) is 0. The fraction of sp³-hybridized carbons (Fsp3) is 0.211. The van der Waals surface area contributed by atoms with Crippen LogP contribution in [-0.4, -0.2) is 47.7 Å². The van der Waals surface area contributed by atoms with E-state index in [1.807, 2.05) is 17.5 Å². The van der Waals surface area contributed by atoms with Gasteiger partial charge in [0.1, 0.15) is 0 Å². The van der Waals surface area contributed by atoms with Crippen LogP contribution in [0.2, 0.25) is 0 Å². The standard InChI is InChI=1S/C19H18N4O5S2/c1-26-16-7-17(27-2)23-19(22-16)21-15(24)8-28-18(25)12-3-5-14(6-4-12)30-10-13-9-29-11-20-13/h3-7,9,11H,8,10H2,1-2H3,(H,21,22,23,24). The Morgan fingerprint density at radius 1 is 1.10 bits per heavy atom. The third kappa shape index (κ3) is 6.16. The minimum Gasteiger partial charge on any atom is -0.481 e. The molecule has 0 fully saturated rings. The molecule has 11 heteroatoms. The molecule has 0 aliphatic carbocycles. The van der Waals surface area contributed by atoms with Gasteiger partial charge in [0.15, 0.2) is 6.61 Å². The van der Waals surface area contributed by atoms with E-state index in [1.54, 1.807) is 40.7 Å².